The van der Waals surface area contributed by atoms with Crippen molar-refractivity contribution in [2.45, 2.75) is 33.2 Å². The number of benzene rings is 1. The average Bonchev–Trinajstić information content (AvgIpc) is 3.43. The molecule has 3 heterocycles. The molecule has 10 heteroatoms. The number of aromatic nitrogens is 5. The number of nitrogens with zero attached hydrogens (tertiary/aromatic N) is 5. The maximum Gasteiger partial charge on any atom is 0.323 e. The molecule has 0 radical (unpaired) electrons. The van der Waals surface area contributed by atoms with Crippen LogP contribution in [0.3, 0.4) is 0 Å². The normalized spacial score (nSPS) is 11.4. The summed E-state index contributed by atoms with van der Waals surface area (Å²) in [7, 11) is 1.82. The fraction of sp³-hybridized carbons (Fsp3) is 0.250. The molecule has 0 fully saturated rings. The number of halogens is 1. The Balaban J connectivity index is 1.46. The molecule has 176 valence electrons. The van der Waals surface area contributed by atoms with Gasteiger partial charge in [0.25, 0.3) is 0 Å². The summed E-state index contributed by atoms with van der Waals surface area (Å²) in [5.41, 5.74) is 2.12. The average molecular weight is 464 g/mol. The molecule has 0 spiro atoms. The van der Waals surface area contributed by atoms with E-state index < -0.39 is 11.8 Å². The van der Waals surface area contributed by atoms with Gasteiger partial charge in [0.2, 0.25) is 0 Å². The van der Waals surface area contributed by atoms with Crippen molar-refractivity contribution in [2.75, 3.05) is 10.6 Å². The van der Waals surface area contributed by atoms with E-state index in [0.717, 1.165) is 5.56 Å². The van der Waals surface area contributed by atoms with Crippen molar-refractivity contribution >= 4 is 17.4 Å². The highest BCUT2D eigenvalue weighted by Crippen LogP contribution is 2.32. The van der Waals surface area contributed by atoms with E-state index in [0.29, 0.717) is 22.9 Å². The molecule has 0 aliphatic heterocycles. The van der Waals surface area contributed by atoms with Crippen LogP contribution in [0.1, 0.15) is 26.3 Å². The van der Waals surface area contributed by atoms with Crippen molar-refractivity contribution in [3.05, 3.63) is 66.6 Å². The SMILES string of the molecule is Cc1c(Oc2ccnc(-c3cnn(C)c3)c2)ccc(NC(=O)Nc2cnn(C(C)(C)C)c2)c1F. The van der Waals surface area contributed by atoms with Crippen molar-refractivity contribution in [2.24, 2.45) is 7.05 Å². The van der Waals surface area contributed by atoms with Crippen LogP contribution in [0.25, 0.3) is 11.3 Å². The molecular weight excluding hydrogens is 437 g/mol. The first-order valence-electron chi connectivity index (χ1n) is 10.7. The fourth-order valence-corrected chi connectivity index (χ4v) is 3.23. The first kappa shape index (κ1) is 23.0. The van der Waals surface area contributed by atoms with Gasteiger partial charge in [-0.05, 0) is 45.9 Å². The summed E-state index contributed by atoms with van der Waals surface area (Å²) < 4.78 is 24.3. The van der Waals surface area contributed by atoms with Crippen molar-refractivity contribution < 1.29 is 13.9 Å². The Hall–Kier alpha value is -4.21. The van der Waals surface area contributed by atoms with Crippen molar-refractivity contribution in [3.8, 4) is 22.8 Å². The largest absolute Gasteiger partial charge is 0.457 e. The molecule has 1 aromatic carbocycles. The van der Waals surface area contributed by atoms with Crippen molar-refractivity contribution in [1.29, 1.82) is 0 Å². The van der Waals surface area contributed by atoms with Gasteiger partial charge in [0.05, 0.1) is 35.0 Å². The molecule has 4 rings (SSSR count). The molecule has 0 saturated carbocycles. The van der Waals surface area contributed by atoms with Crippen LogP contribution in [0.15, 0.2) is 55.2 Å². The third kappa shape index (κ3) is 5.06. The molecule has 0 aliphatic rings. The Labute approximate surface area is 196 Å². The number of pyridine rings is 1. The van der Waals surface area contributed by atoms with E-state index in [1.807, 2.05) is 34.0 Å². The molecule has 0 bridgehead atoms. The molecule has 2 N–H and O–H groups in total. The highest BCUT2D eigenvalue weighted by molar-refractivity contribution is 5.99. The number of urea groups is 1. The quantitative estimate of drug-likeness (QED) is 0.417. The number of anilines is 2. The van der Waals surface area contributed by atoms with E-state index >= 15 is 4.39 Å². The van der Waals surface area contributed by atoms with E-state index in [9.17, 15) is 4.79 Å². The van der Waals surface area contributed by atoms with E-state index in [-0.39, 0.29) is 16.8 Å². The number of amides is 2. The van der Waals surface area contributed by atoms with Crippen molar-refractivity contribution in [3.63, 3.8) is 0 Å². The van der Waals surface area contributed by atoms with Crippen LogP contribution in [0, 0.1) is 12.7 Å². The summed E-state index contributed by atoms with van der Waals surface area (Å²) in [6.07, 6.45) is 8.42. The molecule has 2 amide bonds. The van der Waals surface area contributed by atoms with Crippen molar-refractivity contribution in [1.82, 2.24) is 24.5 Å². The lowest BCUT2D eigenvalue weighted by molar-refractivity contribution is 0.262. The highest BCUT2D eigenvalue weighted by atomic mass is 19.1. The van der Waals surface area contributed by atoms with Crippen LogP contribution in [0.4, 0.5) is 20.6 Å². The minimum atomic E-state index is -0.584. The molecule has 0 aliphatic carbocycles. The number of carbonyl (C=O) groups is 1. The Bertz CT molecular complexity index is 1340. The molecule has 9 nitrogen and oxygen atoms in total. The van der Waals surface area contributed by atoms with E-state index in [1.54, 1.807) is 53.1 Å². The van der Waals surface area contributed by atoms with E-state index in [1.165, 1.54) is 12.3 Å². The molecule has 0 saturated heterocycles. The van der Waals surface area contributed by atoms with Gasteiger partial charge in [0, 0.05) is 42.8 Å². The predicted molar refractivity (Wildman–Crippen MR) is 128 cm³/mol. The summed E-state index contributed by atoms with van der Waals surface area (Å²) in [6, 6.07) is 5.94. The predicted octanol–water partition coefficient (Wildman–Crippen LogP) is 5.32. The number of hydrogen-bond donors (Lipinski definition) is 2. The van der Waals surface area contributed by atoms with Gasteiger partial charge in [-0.3, -0.25) is 14.3 Å². The maximum atomic E-state index is 15.0. The highest BCUT2D eigenvalue weighted by Gasteiger charge is 2.17. The summed E-state index contributed by atoms with van der Waals surface area (Å²) >= 11 is 0. The molecule has 4 aromatic rings. The second-order valence-corrected chi connectivity index (χ2v) is 8.86. The lowest BCUT2D eigenvalue weighted by Gasteiger charge is -2.18. The second kappa shape index (κ2) is 8.97. The fourth-order valence-electron chi connectivity index (χ4n) is 3.23. The molecule has 0 atom stereocenters. The summed E-state index contributed by atoms with van der Waals surface area (Å²) in [5.74, 6) is 0.253. The molecule has 0 unspecified atom stereocenters. The van der Waals surface area contributed by atoms with Gasteiger partial charge in [-0.25, -0.2) is 9.18 Å². The lowest BCUT2D eigenvalue weighted by atomic mass is 10.1. The summed E-state index contributed by atoms with van der Waals surface area (Å²) in [4.78, 5) is 16.7. The Kier molecular flexibility index (Phi) is 6.06. The minimum absolute atomic E-state index is 0.0383. The molecule has 3 aromatic heterocycles. The zero-order valence-corrected chi connectivity index (χ0v) is 19.6. The number of ether oxygens (including phenoxy) is 1. The molecular formula is C24H26FN7O2. The van der Waals surface area contributed by atoms with Gasteiger partial charge in [0.15, 0.2) is 5.82 Å². The zero-order chi connectivity index (χ0) is 24.5. The molecule has 34 heavy (non-hydrogen) atoms. The van der Waals surface area contributed by atoms with E-state index in [4.69, 9.17) is 4.74 Å². The van der Waals surface area contributed by atoms with Gasteiger partial charge in [0.1, 0.15) is 11.5 Å². The van der Waals surface area contributed by atoms with Gasteiger partial charge >= 0.3 is 6.03 Å². The van der Waals surface area contributed by atoms with Gasteiger partial charge in [-0.1, -0.05) is 0 Å². The number of aryl methyl sites for hydroxylation is 1. The number of rotatable bonds is 5. The van der Waals surface area contributed by atoms with Crippen LogP contribution in [-0.4, -0.2) is 30.6 Å². The lowest BCUT2D eigenvalue weighted by Crippen LogP contribution is -2.22. The third-order valence-corrected chi connectivity index (χ3v) is 5.07. The van der Waals surface area contributed by atoms with Gasteiger partial charge < -0.3 is 15.4 Å². The smallest absolute Gasteiger partial charge is 0.323 e. The zero-order valence-electron chi connectivity index (χ0n) is 19.6. The maximum absolute atomic E-state index is 15.0. The summed E-state index contributed by atoms with van der Waals surface area (Å²) in [5, 5.41) is 13.6. The number of carbonyl (C=O) groups excluding carboxylic acids is 1. The Morgan fingerprint density at radius 2 is 1.88 bits per heavy atom. The summed E-state index contributed by atoms with van der Waals surface area (Å²) in [6.45, 7) is 7.58. The Morgan fingerprint density at radius 3 is 2.56 bits per heavy atom. The standard InChI is InChI=1S/C24H26FN7O2/c1-15-21(34-18-8-9-26-20(10-18)16-11-27-31(5)13-16)7-6-19(22(15)25)30-23(33)29-17-12-28-32(14-17)24(2,3)4/h6-14H,1-5H3,(H2,29,30,33). The van der Waals surface area contributed by atoms with Crippen LogP contribution in [0.5, 0.6) is 11.5 Å². The van der Waals surface area contributed by atoms with Crippen LogP contribution in [0.2, 0.25) is 0 Å². The van der Waals surface area contributed by atoms with Gasteiger partial charge in [-0.15, -0.1) is 0 Å². The monoisotopic (exact) mass is 463 g/mol. The third-order valence-electron chi connectivity index (χ3n) is 5.07. The number of nitrogens with one attached hydrogen (secondary N) is 2. The van der Waals surface area contributed by atoms with Gasteiger partial charge in [-0.2, -0.15) is 10.2 Å². The second-order valence-electron chi connectivity index (χ2n) is 8.86. The van der Waals surface area contributed by atoms with E-state index in [2.05, 4.69) is 25.8 Å². The number of hydrogen-bond acceptors (Lipinski definition) is 5. The van der Waals surface area contributed by atoms with Crippen LogP contribution in [-0.2, 0) is 12.6 Å². The van der Waals surface area contributed by atoms with Crippen LogP contribution < -0.4 is 15.4 Å². The minimum Gasteiger partial charge on any atom is -0.457 e. The first-order valence-corrected chi connectivity index (χ1v) is 10.7. The topological polar surface area (TPSA) is 98.9 Å². The van der Waals surface area contributed by atoms with Crippen LogP contribution >= 0.6 is 0 Å². The Morgan fingerprint density at radius 1 is 1.09 bits per heavy atom. The first-order chi connectivity index (χ1) is 16.1.